The lowest BCUT2D eigenvalue weighted by molar-refractivity contribution is -0.115. The highest BCUT2D eigenvalue weighted by Gasteiger charge is 2.23. The van der Waals surface area contributed by atoms with E-state index in [1.165, 1.54) is 22.9 Å². The van der Waals surface area contributed by atoms with Gasteiger partial charge in [0.05, 0.1) is 16.9 Å². The van der Waals surface area contributed by atoms with Gasteiger partial charge in [0.15, 0.2) is 5.17 Å². The number of nitrogens with zero attached hydrogens (tertiary/aromatic N) is 1. The molecular weight excluding hydrogens is 308 g/mol. The lowest BCUT2D eigenvalue weighted by Crippen LogP contribution is -2.19. The number of carbonyl (C=O) groups excluding carboxylic acids is 1. The van der Waals surface area contributed by atoms with Gasteiger partial charge in [0, 0.05) is 0 Å². The highest BCUT2D eigenvalue weighted by Crippen LogP contribution is 2.27. The fraction of sp³-hybridized carbons (Fsp3) is 0.111. The number of amides is 1. The summed E-state index contributed by atoms with van der Waals surface area (Å²) < 4.78 is 5.20. The normalized spacial score (nSPS) is 18.3. The number of aliphatic imine (C=N–C) groups is 1. The van der Waals surface area contributed by atoms with Crippen LogP contribution in [0.5, 0.6) is 0 Å². The van der Waals surface area contributed by atoms with Crippen LogP contribution in [0.15, 0.2) is 63.1 Å². The van der Waals surface area contributed by atoms with Crippen molar-refractivity contribution in [2.24, 2.45) is 4.99 Å². The topological polar surface area (TPSA) is 54.6 Å². The Bertz CT molecular complexity index is 818. The predicted octanol–water partition coefficient (Wildman–Crippen LogP) is 4.34. The average molecular weight is 324 g/mol. The van der Waals surface area contributed by atoms with E-state index in [0.717, 1.165) is 11.4 Å². The van der Waals surface area contributed by atoms with Crippen LogP contribution in [0.4, 0.5) is 5.69 Å². The predicted molar refractivity (Wildman–Crippen MR) is 94.6 cm³/mol. The van der Waals surface area contributed by atoms with Crippen LogP contribution in [-0.2, 0) is 4.79 Å². The van der Waals surface area contributed by atoms with Crippen molar-refractivity contribution >= 4 is 34.6 Å². The molecule has 0 unspecified atom stereocenters. The van der Waals surface area contributed by atoms with Gasteiger partial charge in [0.1, 0.15) is 5.76 Å². The number of hydrogen-bond donors (Lipinski definition) is 1. The second kappa shape index (κ2) is 6.71. The van der Waals surface area contributed by atoms with Crippen LogP contribution in [0.3, 0.4) is 0 Å². The van der Waals surface area contributed by atoms with E-state index in [0.29, 0.717) is 10.1 Å². The standard InChI is InChI=1S/C18H16N2O2S/c1-12-8-9-14(11-13(12)2)19-18-20-17(21)16(23-18)7-3-5-15-6-4-10-22-15/h3-11H,1-2H3,(H,19,20,21)/b5-3+,16-7-. The number of thioether (sulfide) groups is 1. The number of allylic oxidation sites excluding steroid dienone is 2. The van der Waals surface area contributed by atoms with Gasteiger partial charge in [0.25, 0.3) is 5.91 Å². The maximum atomic E-state index is 11.9. The highest BCUT2D eigenvalue weighted by atomic mass is 32.2. The molecule has 1 saturated heterocycles. The van der Waals surface area contributed by atoms with Crippen LogP contribution >= 0.6 is 11.8 Å². The molecule has 1 aromatic heterocycles. The lowest BCUT2D eigenvalue weighted by Gasteiger charge is -2.01. The molecule has 116 valence electrons. The van der Waals surface area contributed by atoms with Crippen molar-refractivity contribution in [2.45, 2.75) is 13.8 Å². The maximum Gasteiger partial charge on any atom is 0.264 e. The van der Waals surface area contributed by atoms with E-state index >= 15 is 0 Å². The number of furan rings is 1. The molecule has 2 aromatic rings. The molecule has 3 rings (SSSR count). The monoisotopic (exact) mass is 324 g/mol. The number of benzene rings is 1. The van der Waals surface area contributed by atoms with Gasteiger partial charge in [0.2, 0.25) is 0 Å². The quantitative estimate of drug-likeness (QED) is 0.854. The summed E-state index contributed by atoms with van der Waals surface area (Å²) in [6.07, 6.45) is 6.96. The molecule has 0 spiro atoms. The van der Waals surface area contributed by atoms with Crippen LogP contribution < -0.4 is 5.32 Å². The van der Waals surface area contributed by atoms with Crippen molar-refractivity contribution in [1.29, 1.82) is 0 Å². The largest absolute Gasteiger partial charge is 0.465 e. The van der Waals surface area contributed by atoms with Crippen LogP contribution in [0.2, 0.25) is 0 Å². The SMILES string of the molecule is Cc1ccc(N=C2NC(=O)/C(=C/C=C/c3ccco3)S2)cc1C. The summed E-state index contributed by atoms with van der Waals surface area (Å²) in [6, 6.07) is 9.65. The Morgan fingerprint density at radius 3 is 2.83 bits per heavy atom. The minimum Gasteiger partial charge on any atom is -0.465 e. The Kier molecular flexibility index (Phi) is 4.48. The second-order valence-corrected chi connectivity index (χ2v) is 6.18. The Balaban J connectivity index is 1.73. The number of amidine groups is 1. The van der Waals surface area contributed by atoms with Gasteiger partial charge in [-0.05, 0) is 73.2 Å². The molecule has 0 aliphatic carbocycles. The summed E-state index contributed by atoms with van der Waals surface area (Å²) in [5, 5.41) is 3.37. The molecule has 1 aromatic carbocycles. The van der Waals surface area contributed by atoms with Crippen molar-refractivity contribution in [3.8, 4) is 0 Å². The van der Waals surface area contributed by atoms with Crippen molar-refractivity contribution in [3.63, 3.8) is 0 Å². The summed E-state index contributed by atoms with van der Waals surface area (Å²) in [7, 11) is 0. The molecule has 23 heavy (non-hydrogen) atoms. The van der Waals surface area contributed by atoms with E-state index in [1.807, 2.05) is 37.3 Å². The molecule has 1 N–H and O–H groups in total. The third kappa shape index (κ3) is 3.81. The minimum absolute atomic E-state index is 0.137. The van der Waals surface area contributed by atoms with Crippen LogP contribution in [0.1, 0.15) is 16.9 Å². The molecule has 0 saturated carbocycles. The average Bonchev–Trinajstić information content (AvgIpc) is 3.14. The third-order valence-electron chi connectivity index (χ3n) is 3.42. The fourth-order valence-electron chi connectivity index (χ4n) is 2.02. The van der Waals surface area contributed by atoms with Gasteiger partial charge in [-0.15, -0.1) is 0 Å². The molecule has 1 amide bonds. The number of nitrogens with one attached hydrogen (secondary N) is 1. The summed E-state index contributed by atoms with van der Waals surface area (Å²) in [6.45, 7) is 4.11. The van der Waals surface area contributed by atoms with E-state index in [1.54, 1.807) is 24.5 Å². The zero-order chi connectivity index (χ0) is 16.2. The van der Waals surface area contributed by atoms with Gasteiger partial charge >= 0.3 is 0 Å². The van der Waals surface area contributed by atoms with Crippen LogP contribution in [-0.4, -0.2) is 11.1 Å². The van der Waals surface area contributed by atoms with E-state index < -0.39 is 0 Å². The molecule has 1 aliphatic heterocycles. The molecule has 0 bridgehead atoms. The van der Waals surface area contributed by atoms with Gasteiger partial charge in [-0.3, -0.25) is 4.79 Å². The Morgan fingerprint density at radius 2 is 2.09 bits per heavy atom. The molecule has 1 aliphatic rings. The molecule has 0 radical (unpaired) electrons. The van der Waals surface area contributed by atoms with Gasteiger partial charge in [-0.25, -0.2) is 4.99 Å². The van der Waals surface area contributed by atoms with E-state index in [9.17, 15) is 4.79 Å². The van der Waals surface area contributed by atoms with E-state index in [4.69, 9.17) is 4.42 Å². The van der Waals surface area contributed by atoms with E-state index in [-0.39, 0.29) is 5.91 Å². The van der Waals surface area contributed by atoms with E-state index in [2.05, 4.69) is 17.2 Å². The van der Waals surface area contributed by atoms with Gasteiger partial charge in [-0.2, -0.15) is 0 Å². The number of carbonyl (C=O) groups is 1. The first kappa shape index (κ1) is 15.4. The number of rotatable bonds is 3. The summed E-state index contributed by atoms with van der Waals surface area (Å²) in [5.41, 5.74) is 3.24. The second-order valence-electron chi connectivity index (χ2n) is 5.15. The first-order valence-corrected chi connectivity index (χ1v) is 8.00. The van der Waals surface area contributed by atoms with Crippen LogP contribution in [0, 0.1) is 13.8 Å². The summed E-state index contributed by atoms with van der Waals surface area (Å²) in [5.74, 6) is 0.607. The van der Waals surface area contributed by atoms with Crippen molar-refractivity contribution in [2.75, 3.05) is 0 Å². The van der Waals surface area contributed by atoms with Crippen molar-refractivity contribution < 1.29 is 9.21 Å². The third-order valence-corrected chi connectivity index (χ3v) is 4.35. The number of hydrogen-bond acceptors (Lipinski definition) is 4. The smallest absolute Gasteiger partial charge is 0.264 e. The number of aryl methyl sites for hydroxylation is 2. The first-order valence-electron chi connectivity index (χ1n) is 7.19. The molecule has 4 nitrogen and oxygen atoms in total. The maximum absolute atomic E-state index is 11.9. The van der Waals surface area contributed by atoms with Crippen molar-refractivity contribution in [1.82, 2.24) is 5.32 Å². The Morgan fingerprint density at radius 1 is 1.22 bits per heavy atom. The molecule has 5 heteroatoms. The van der Waals surface area contributed by atoms with Crippen molar-refractivity contribution in [3.05, 3.63) is 70.5 Å². The summed E-state index contributed by atoms with van der Waals surface area (Å²) in [4.78, 5) is 17.0. The minimum atomic E-state index is -0.137. The molecule has 1 fully saturated rings. The summed E-state index contributed by atoms with van der Waals surface area (Å²) >= 11 is 1.33. The Hall–Kier alpha value is -2.53. The molecule has 0 atom stereocenters. The first-order chi connectivity index (χ1) is 11.1. The Labute approximate surface area is 139 Å². The highest BCUT2D eigenvalue weighted by molar-refractivity contribution is 8.18. The zero-order valence-corrected chi connectivity index (χ0v) is 13.7. The lowest BCUT2D eigenvalue weighted by atomic mass is 10.1. The molecular formula is C18H16N2O2S. The molecule has 2 heterocycles. The zero-order valence-electron chi connectivity index (χ0n) is 12.9. The fourth-order valence-corrected chi connectivity index (χ4v) is 2.82. The van der Waals surface area contributed by atoms with Gasteiger partial charge in [-0.1, -0.05) is 12.1 Å². The van der Waals surface area contributed by atoms with Crippen LogP contribution in [0.25, 0.3) is 6.08 Å². The van der Waals surface area contributed by atoms with Gasteiger partial charge < -0.3 is 9.73 Å².